The molecule has 0 aliphatic heterocycles. The second kappa shape index (κ2) is 7.85. The number of nitrogens with one attached hydrogen (secondary N) is 1. The van der Waals surface area contributed by atoms with Crippen LogP contribution in [0.2, 0.25) is 0 Å². The van der Waals surface area contributed by atoms with Crippen molar-refractivity contribution in [2.24, 2.45) is 5.10 Å². The van der Waals surface area contributed by atoms with E-state index in [1.54, 1.807) is 36.4 Å². The van der Waals surface area contributed by atoms with Gasteiger partial charge in [0.2, 0.25) is 5.78 Å². The van der Waals surface area contributed by atoms with Gasteiger partial charge in [0.05, 0.1) is 10.6 Å². The second-order valence-corrected chi connectivity index (χ2v) is 5.44. The molecule has 0 aliphatic carbocycles. The minimum absolute atomic E-state index is 0.0109. The minimum atomic E-state index is -0.471. The molecule has 6 heteroatoms. The lowest BCUT2D eigenvalue weighted by atomic mass is 10.0. The summed E-state index contributed by atoms with van der Waals surface area (Å²) in [6.45, 7) is 0. The van der Waals surface area contributed by atoms with Crippen molar-refractivity contribution in [3.8, 4) is 0 Å². The molecule has 0 atom stereocenters. The monoisotopic (exact) mass is 345 g/mol. The van der Waals surface area contributed by atoms with Gasteiger partial charge in [-0.1, -0.05) is 60.7 Å². The van der Waals surface area contributed by atoms with Crippen LogP contribution in [0, 0.1) is 10.1 Å². The number of anilines is 1. The standard InChI is InChI=1S/C20H15N3O3/c24-20(16-9-5-2-6-10-16)19(15-7-3-1-4-8-15)22-21-17-11-13-18(14-12-17)23(25)26/h1-14,21H/b22-19-. The Labute approximate surface area is 150 Å². The fourth-order valence-corrected chi connectivity index (χ4v) is 2.35. The van der Waals surface area contributed by atoms with E-state index in [9.17, 15) is 14.9 Å². The van der Waals surface area contributed by atoms with Crippen molar-refractivity contribution in [2.75, 3.05) is 5.43 Å². The number of non-ortho nitro benzene ring substituents is 1. The Morgan fingerprint density at radius 2 is 1.35 bits per heavy atom. The Balaban J connectivity index is 1.91. The van der Waals surface area contributed by atoms with Crippen LogP contribution in [-0.4, -0.2) is 16.4 Å². The van der Waals surface area contributed by atoms with Crippen LogP contribution >= 0.6 is 0 Å². The number of benzene rings is 3. The third-order valence-corrected chi connectivity index (χ3v) is 3.67. The van der Waals surface area contributed by atoms with Crippen molar-refractivity contribution < 1.29 is 9.72 Å². The molecule has 3 aromatic carbocycles. The van der Waals surface area contributed by atoms with E-state index in [1.807, 2.05) is 24.3 Å². The van der Waals surface area contributed by atoms with Gasteiger partial charge in [0, 0.05) is 23.3 Å². The molecule has 128 valence electrons. The van der Waals surface area contributed by atoms with E-state index in [2.05, 4.69) is 10.5 Å². The molecule has 26 heavy (non-hydrogen) atoms. The summed E-state index contributed by atoms with van der Waals surface area (Å²) in [5.41, 5.74) is 4.80. The van der Waals surface area contributed by atoms with Crippen LogP contribution in [0.15, 0.2) is 90.0 Å². The zero-order valence-electron chi connectivity index (χ0n) is 13.7. The van der Waals surface area contributed by atoms with Gasteiger partial charge in [0.25, 0.3) is 5.69 Å². The van der Waals surface area contributed by atoms with Crippen LogP contribution in [0.4, 0.5) is 11.4 Å². The Morgan fingerprint density at radius 1 is 0.808 bits per heavy atom. The second-order valence-electron chi connectivity index (χ2n) is 5.44. The molecule has 1 N–H and O–H groups in total. The van der Waals surface area contributed by atoms with Gasteiger partial charge in [-0.25, -0.2) is 0 Å². The molecule has 0 saturated heterocycles. The van der Waals surface area contributed by atoms with Crippen molar-refractivity contribution in [1.29, 1.82) is 0 Å². The first kappa shape index (κ1) is 17.0. The lowest BCUT2D eigenvalue weighted by molar-refractivity contribution is -0.384. The summed E-state index contributed by atoms with van der Waals surface area (Å²) in [5.74, 6) is -0.216. The number of hydrazone groups is 1. The lowest BCUT2D eigenvalue weighted by Gasteiger charge is -2.07. The number of hydrogen-bond acceptors (Lipinski definition) is 5. The molecule has 0 fully saturated rings. The van der Waals surface area contributed by atoms with Crippen LogP contribution in [0.25, 0.3) is 0 Å². The number of nitrogens with zero attached hydrogens (tertiary/aromatic N) is 2. The maximum Gasteiger partial charge on any atom is 0.269 e. The van der Waals surface area contributed by atoms with E-state index in [0.717, 1.165) is 0 Å². The quantitative estimate of drug-likeness (QED) is 0.312. The van der Waals surface area contributed by atoms with Crippen LogP contribution in [-0.2, 0) is 0 Å². The first-order chi connectivity index (χ1) is 12.6. The Morgan fingerprint density at radius 3 is 1.88 bits per heavy atom. The van der Waals surface area contributed by atoms with Gasteiger partial charge in [0.1, 0.15) is 5.71 Å². The molecule has 0 amide bonds. The zero-order valence-corrected chi connectivity index (χ0v) is 13.7. The molecule has 3 rings (SSSR count). The normalized spacial score (nSPS) is 11.0. The summed E-state index contributed by atoms with van der Waals surface area (Å²) in [6, 6.07) is 23.8. The van der Waals surface area contributed by atoms with Crippen molar-refractivity contribution in [3.63, 3.8) is 0 Å². The molecule has 3 aromatic rings. The third-order valence-electron chi connectivity index (χ3n) is 3.67. The summed E-state index contributed by atoms with van der Waals surface area (Å²) in [5, 5.41) is 15.0. The van der Waals surface area contributed by atoms with Crippen molar-refractivity contribution in [1.82, 2.24) is 0 Å². The van der Waals surface area contributed by atoms with E-state index in [4.69, 9.17) is 0 Å². The van der Waals surface area contributed by atoms with Gasteiger partial charge in [-0.2, -0.15) is 5.10 Å². The lowest BCUT2D eigenvalue weighted by Crippen LogP contribution is -2.17. The van der Waals surface area contributed by atoms with Gasteiger partial charge in [0.15, 0.2) is 0 Å². The van der Waals surface area contributed by atoms with Gasteiger partial charge >= 0.3 is 0 Å². The minimum Gasteiger partial charge on any atom is -0.287 e. The maximum atomic E-state index is 12.8. The summed E-state index contributed by atoms with van der Waals surface area (Å²) in [4.78, 5) is 23.1. The predicted molar refractivity (Wildman–Crippen MR) is 100 cm³/mol. The number of carbonyl (C=O) groups is 1. The van der Waals surface area contributed by atoms with E-state index in [-0.39, 0.29) is 17.2 Å². The van der Waals surface area contributed by atoms with Crippen LogP contribution < -0.4 is 5.43 Å². The van der Waals surface area contributed by atoms with Crippen LogP contribution in [0.1, 0.15) is 15.9 Å². The number of nitro benzene ring substituents is 1. The highest BCUT2D eigenvalue weighted by atomic mass is 16.6. The number of ketones is 1. The average molecular weight is 345 g/mol. The number of Topliss-reactive ketones (excluding diaryl/α,β-unsaturated/α-hetero) is 1. The topological polar surface area (TPSA) is 84.6 Å². The Kier molecular flexibility index (Phi) is 5.14. The largest absolute Gasteiger partial charge is 0.287 e. The number of rotatable bonds is 6. The van der Waals surface area contributed by atoms with Crippen LogP contribution in [0.5, 0.6) is 0 Å². The maximum absolute atomic E-state index is 12.8. The Bertz CT molecular complexity index is 937. The number of nitro groups is 1. The molecule has 0 spiro atoms. The fraction of sp³-hybridized carbons (Fsp3) is 0. The zero-order chi connectivity index (χ0) is 18.4. The highest BCUT2D eigenvalue weighted by molar-refractivity contribution is 6.51. The van der Waals surface area contributed by atoms with E-state index in [1.165, 1.54) is 24.3 Å². The predicted octanol–water partition coefficient (Wildman–Crippen LogP) is 4.29. The van der Waals surface area contributed by atoms with Gasteiger partial charge in [-0.3, -0.25) is 20.3 Å². The first-order valence-electron chi connectivity index (χ1n) is 7.88. The third kappa shape index (κ3) is 3.99. The van der Waals surface area contributed by atoms with Crippen LogP contribution in [0.3, 0.4) is 0 Å². The molecule has 0 aromatic heterocycles. The molecule has 0 aliphatic rings. The molecule has 0 bridgehead atoms. The summed E-state index contributed by atoms with van der Waals surface area (Å²) >= 11 is 0. The van der Waals surface area contributed by atoms with Crippen molar-refractivity contribution >= 4 is 22.9 Å². The van der Waals surface area contributed by atoms with E-state index >= 15 is 0 Å². The van der Waals surface area contributed by atoms with E-state index < -0.39 is 4.92 Å². The van der Waals surface area contributed by atoms with Gasteiger partial charge in [-0.05, 0) is 12.1 Å². The molecular formula is C20H15N3O3. The average Bonchev–Trinajstić information content (AvgIpc) is 2.70. The number of hydrogen-bond donors (Lipinski definition) is 1. The molecule has 0 saturated carbocycles. The fourth-order valence-electron chi connectivity index (χ4n) is 2.35. The van der Waals surface area contributed by atoms with Gasteiger partial charge < -0.3 is 0 Å². The summed E-state index contributed by atoms with van der Waals surface area (Å²) < 4.78 is 0. The summed E-state index contributed by atoms with van der Waals surface area (Å²) in [6.07, 6.45) is 0. The smallest absolute Gasteiger partial charge is 0.269 e. The molecule has 6 nitrogen and oxygen atoms in total. The highest BCUT2D eigenvalue weighted by Crippen LogP contribution is 2.16. The SMILES string of the molecule is O=C(/C(=N\Nc1ccc([N+](=O)[O-])cc1)c1ccccc1)c1ccccc1. The highest BCUT2D eigenvalue weighted by Gasteiger charge is 2.16. The van der Waals surface area contributed by atoms with E-state index in [0.29, 0.717) is 16.8 Å². The van der Waals surface area contributed by atoms with Crippen molar-refractivity contribution in [2.45, 2.75) is 0 Å². The molecule has 0 heterocycles. The van der Waals surface area contributed by atoms with Gasteiger partial charge in [-0.15, -0.1) is 0 Å². The Hall–Kier alpha value is -3.80. The molecular weight excluding hydrogens is 330 g/mol. The van der Waals surface area contributed by atoms with Crippen molar-refractivity contribution in [3.05, 3.63) is 106 Å². The summed E-state index contributed by atoms with van der Waals surface area (Å²) in [7, 11) is 0. The molecule has 0 radical (unpaired) electrons. The molecule has 0 unspecified atom stereocenters. The number of carbonyl (C=O) groups excluding carboxylic acids is 1. The first-order valence-corrected chi connectivity index (χ1v) is 7.88.